The number of nitrogens with one attached hydrogen (secondary N) is 3. The number of fused-ring (bicyclic) bond motifs is 3. The van der Waals surface area contributed by atoms with Crippen LogP contribution >= 0.6 is 0 Å². The van der Waals surface area contributed by atoms with E-state index in [2.05, 4.69) is 113 Å². The van der Waals surface area contributed by atoms with E-state index in [4.69, 9.17) is 4.74 Å². The van der Waals surface area contributed by atoms with Crippen LogP contribution in [0.25, 0.3) is 32.7 Å². The van der Waals surface area contributed by atoms with Gasteiger partial charge in [0.2, 0.25) is 0 Å². The summed E-state index contributed by atoms with van der Waals surface area (Å²) in [5, 5.41) is 22.5. The van der Waals surface area contributed by atoms with Crippen molar-refractivity contribution in [3.63, 3.8) is 0 Å². The van der Waals surface area contributed by atoms with Gasteiger partial charge in [-0.1, -0.05) is 102 Å². The number of aromatic nitrogens is 6. The Morgan fingerprint density at radius 2 is 0.972 bits per heavy atom. The fourth-order valence-corrected chi connectivity index (χ4v) is 8.58. The van der Waals surface area contributed by atoms with Crippen molar-refractivity contribution in [2.24, 2.45) is 0 Å². The van der Waals surface area contributed by atoms with E-state index in [0.29, 0.717) is 6.61 Å². The second-order valence-corrected chi connectivity index (χ2v) is 17.3. The summed E-state index contributed by atoms with van der Waals surface area (Å²) < 4.78 is 5.26. The number of rotatable bonds is 13. The second kappa shape index (κ2) is 28.1. The van der Waals surface area contributed by atoms with Crippen molar-refractivity contribution in [2.75, 3.05) is 49.3 Å². The minimum absolute atomic E-state index is 0.148. The fraction of sp³-hybridized carbons (Fsp3) is 0.333. The highest BCUT2D eigenvalue weighted by Crippen LogP contribution is 2.27. The molecule has 2 aliphatic rings. The first-order chi connectivity index (χ1) is 35.0. The maximum absolute atomic E-state index is 9.36. The molecule has 0 fully saturated rings. The average molecular weight is 944 g/mol. The molecule has 0 amide bonds. The van der Waals surface area contributed by atoms with Gasteiger partial charge in [0.25, 0.3) is 0 Å². The largest absolute Gasteiger partial charge is 0.392 e. The third-order valence-electron chi connectivity index (χ3n) is 12.3. The standard InChI is InChI=1S/C21H21N3O.C20H23N3.C19H21N3O/c1-16-10-11-17(18(13-16)14-25-2)7-5-6-12-22-21-19-8-3-4-9-20(19)23-15-24-21;1-2-16-9-3-4-10-17(16)11-7-8-14-21-20-18-12-5-6-13-19(18)22-15-23-20;23-13-16-9-2-1-7-15(16)8-5-6-12-20-19-17-10-3-4-11-18(17)21-14-22-19/h3-4,8-11,13,15H,6,12,14H2,1-2H3,(H,22,23,24);5-6,12-13,15H,2-4,8-10,14H2,1H3,(H,21,22,23);3-4,10-11,14,23H,1-2,6-7,9,12-13H2,(H,20,21,22). The molecule has 0 bridgehead atoms. The number of para-hydroxylation sites is 3. The number of ether oxygens (including phenoxy) is 1. The van der Waals surface area contributed by atoms with Crippen LogP contribution in [0.15, 0.2) is 132 Å². The Kier molecular flexibility index (Phi) is 20.3. The van der Waals surface area contributed by atoms with Crippen LogP contribution in [0.3, 0.4) is 0 Å². The van der Waals surface area contributed by atoms with E-state index in [1.165, 1.54) is 49.7 Å². The number of anilines is 3. The lowest BCUT2D eigenvalue weighted by atomic mass is 9.90. The second-order valence-electron chi connectivity index (χ2n) is 17.3. The van der Waals surface area contributed by atoms with Crippen LogP contribution in [-0.4, -0.2) is 68.4 Å². The Hall–Kier alpha value is -7.62. The van der Waals surface area contributed by atoms with E-state index >= 15 is 0 Å². The summed E-state index contributed by atoms with van der Waals surface area (Å²) in [6.45, 7) is 7.33. The van der Waals surface area contributed by atoms with Crippen molar-refractivity contribution in [3.8, 4) is 35.5 Å². The zero-order valence-corrected chi connectivity index (χ0v) is 41.5. The molecule has 2 aliphatic carbocycles. The van der Waals surface area contributed by atoms with Crippen LogP contribution in [0.1, 0.15) is 101 Å². The quantitative estimate of drug-likeness (QED) is 0.0648. The summed E-state index contributed by atoms with van der Waals surface area (Å²) in [4.78, 5) is 25.8. The van der Waals surface area contributed by atoms with Crippen molar-refractivity contribution in [1.82, 2.24) is 29.9 Å². The van der Waals surface area contributed by atoms with Crippen molar-refractivity contribution < 1.29 is 9.84 Å². The number of benzene rings is 4. The van der Waals surface area contributed by atoms with Gasteiger partial charge in [-0.05, 0) is 118 Å². The molecular weight excluding hydrogens is 879 g/mol. The SMILES string of the molecule is CCC1=C(C#CCCNc2ncnc3ccccc23)CCCC1.COCc1cc(C)ccc1C#CCCNc1ncnc2ccccc12.OCC1=C(C#CCCNc2ncnc3ccccc23)CCCC1. The number of hydrogen-bond acceptors (Lipinski definition) is 11. The molecule has 0 unspecified atom stereocenters. The summed E-state index contributed by atoms with van der Waals surface area (Å²) >= 11 is 0. The highest BCUT2D eigenvalue weighted by Gasteiger charge is 2.11. The molecular formula is C60H65N9O2. The summed E-state index contributed by atoms with van der Waals surface area (Å²) in [6.07, 6.45) is 17.6. The average Bonchev–Trinajstić information content (AvgIpc) is 3.42. The van der Waals surface area contributed by atoms with Gasteiger partial charge in [0.05, 0.1) is 29.8 Å². The number of aryl methyl sites for hydroxylation is 1. The van der Waals surface area contributed by atoms with E-state index in [0.717, 1.165) is 131 Å². The predicted octanol–water partition coefficient (Wildman–Crippen LogP) is 12.0. The number of allylic oxidation sites excluding steroid dienone is 3. The normalized spacial score (nSPS) is 13.0. The van der Waals surface area contributed by atoms with E-state index in [9.17, 15) is 5.11 Å². The Balaban J connectivity index is 0.000000157. The molecule has 362 valence electrons. The van der Waals surface area contributed by atoms with Crippen LogP contribution in [-0.2, 0) is 11.3 Å². The molecule has 3 heterocycles. The Labute approximate surface area is 419 Å². The summed E-state index contributed by atoms with van der Waals surface area (Å²) in [6, 6.07) is 30.2. The first-order valence-electron chi connectivity index (χ1n) is 24.9. The predicted molar refractivity (Wildman–Crippen MR) is 291 cm³/mol. The zero-order chi connectivity index (χ0) is 49.3. The lowest BCUT2D eigenvalue weighted by Crippen LogP contribution is -2.04. The first kappa shape index (κ1) is 51.2. The highest BCUT2D eigenvalue weighted by molar-refractivity contribution is 5.90. The van der Waals surface area contributed by atoms with Gasteiger partial charge < -0.3 is 25.8 Å². The number of hydrogen-bond donors (Lipinski definition) is 4. The van der Waals surface area contributed by atoms with Crippen LogP contribution in [0, 0.1) is 42.4 Å². The molecule has 0 saturated heterocycles. The Morgan fingerprint density at radius 1 is 0.535 bits per heavy atom. The third-order valence-corrected chi connectivity index (χ3v) is 12.3. The molecule has 0 aliphatic heterocycles. The highest BCUT2D eigenvalue weighted by atomic mass is 16.5. The minimum Gasteiger partial charge on any atom is -0.392 e. The minimum atomic E-state index is 0.148. The van der Waals surface area contributed by atoms with Crippen LogP contribution in [0.5, 0.6) is 0 Å². The molecule has 9 rings (SSSR count). The Morgan fingerprint density at radius 3 is 1.44 bits per heavy atom. The molecule has 71 heavy (non-hydrogen) atoms. The lowest BCUT2D eigenvalue weighted by molar-refractivity contribution is 0.184. The lowest BCUT2D eigenvalue weighted by Gasteiger charge is -2.15. The molecule has 11 heteroatoms. The van der Waals surface area contributed by atoms with E-state index < -0.39 is 0 Å². The van der Waals surface area contributed by atoms with Gasteiger partial charge in [0, 0.05) is 78.9 Å². The van der Waals surface area contributed by atoms with Gasteiger partial charge in [0.1, 0.15) is 36.4 Å². The third kappa shape index (κ3) is 15.4. The van der Waals surface area contributed by atoms with Gasteiger partial charge in [0.15, 0.2) is 0 Å². The molecule has 4 N–H and O–H groups in total. The summed E-state index contributed by atoms with van der Waals surface area (Å²) in [7, 11) is 1.70. The molecule has 0 atom stereocenters. The van der Waals surface area contributed by atoms with Crippen LogP contribution in [0.2, 0.25) is 0 Å². The number of aliphatic hydroxyl groups is 1. The molecule has 0 radical (unpaired) electrons. The first-order valence-corrected chi connectivity index (χ1v) is 24.9. The van der Waals surface area contributed by atoms with Gasteiger partial charge in [-0.25, -0.2) is 29.9 Å². The van der Waals surface area contributed by atoms with Gasteiger partial charge in [-0.3, -0.25) is 0 Å². The topological polar surface area (TPSA) is 143 Å². The number of methoxy groups -OCH3 is 1. The van der Waals surface area contributed by atoms with Gasteiger partial charge >= 0.3 is 0 Å². The van der Waals surface area contributed by atoms with E-state index in [1.807, 2.05) is 72.8 Å². The van der Waals surface area contributed by atoms with Crippen LogP contribution in [0.4, 0.5) is 17.5 Å². The molecule has 3 aromatic heterocycles. The van der Waals surface area contributed by atoms with Crippen molar-refractivity contribution in [3.05, 3.63) is 149 Å². The zero-order valence-electron chi connectivity index (χ0n) is 41.5. The molecule has 0 saturated carbocycles. The molecule has 4 aromatic carbocycles. The Bertz CT molecular complexity index is 2980. The molecule has 0 spiro atoms. The number of nitrogens with zero attached hydrogens (tertiary/aromatic N) is 6. The van der Waals surface area contributed by atoms with Crippen LogP contribution < -0.4 is 16.0 Å². The number of aliphatic hydroxyl groups excluding tert-OH is 1. The molecule has 11 nitrogen and oxygen atoms in total. The van der Waals surface area contributed by atoms with E-state index in [-0.39, 0.29) is 6.61 Å². The van der Waals surface area contributed by atoms with Crippen molar-refractivity contribution in [2.45, 2.75) is 97.5 Å². The maximum Gasteiger partial charge on any atom is 0.137 e. The smallest absolute Gasteiger partial charge is 0.137 e. The monoisotopic (exact) mass is 944 g/mol. The van der Waals surface area contributed by atoms with E-state index in [1.54, 1.807) is 31.7 Å². The van der Waals surface area contributed by atoms with Crippen molar-refractivity contribution in [1.29, 1.82) is 0 Å². The summed E-state index contributed by atoms with van der Waals surface area (Å²) in [5.74, 6) is 22.2. The van der Waals surface area contributed by atoms with Crippen molar-refractivity contribution >= 4 is 50.2 Å². The van der Waals surface area contributed by atoms with Gasteiger partial charge in [-0.15, -0.1) is 0 Å². The fourth-order valence-electron chi connectivity index (χ4n) is 8.58. The van der Waals surface area contributed by atoms with Gasteiger partial charge in [-0.2, -0.15) is 0 Å². The molecule has 7 aromatic rings. The maximum atomic E-state index is 9.36. The summed E-state index contributed by atoms with van der Waals surface area (Å²) in [5.41, 5.74) is 11.5.